The largest absolute Gasteiger partial charge is 0.459 e. The van der Waals surface area contributed by atoms with E-state index in [1.54, 1.807) is 15.9 Å². The Morgan fingerprint density at radius 1 is 1.22 bits per heavy atom. The Hall–Kier alpha value is -3.10. The zero-order valence-electron chi connectivity index (χ0n) is 12.1. The molecule has 1 aliphatic heterocycles. The molecule has 1 fully saturated rings. The smallest absolute Gasteiger partial charge is 0.302 e. The van der Waals surface area contributed by atoms with Crippen LogP contribution in [0.2, 0.25) is 0 Å². The number of carbonyl (C=O) groups is 3. The molecule has 0 atom stereocenters. The van der Waals surface area contributed by atoms with Crippen LogP contribution >= 0.6 is 0 Å². The lowest BCUT2D eigenvalue weighted by molar-refractivity contribution is -0.119. The topological polar surface area (TPSA) is 109 Å². The molecular weight excluding hydrogens is 304 g/mol. The molecule has 1 N–H and O–H groups in total. The number of piperazine rings is 1. The molecule has 0 saturated carbocycles. The van der Waals surface area contributed by atoms with Gasteiger partial charge in [-0.05, 0) is 12.1 Å². The van der Waals surface area contributed by atoms with Crippen molar-refractivity contribution in [1.82, 2.24) is 14.8 Å². The van der Waals surface area contributed by atoms with Crippen molar-refractivity contribution in [2.75, 3.05) is 31.5 Å². The van der Waals surface area contributed by atoms with Gasteiger partial charge in [0, 0.05) is 26.2 Å². The quantitative estimate of drug-likeness (QED) is 0.819. The number of amides is 3. The van der Waals surface area contributed by atoms with Gasteiger partial charge in [0.25, 0.3) is 11.8 Å². The summed E-state index contributed by atoms with van der Waals surface area (Å²) < 4.78 is 10.0. The maximum Gasteiger partial charge on any atom is 0.302 e. The molecule has 1 saturated heterocycles. The Morgan fingerprint density at radius 2 is 2.00 bits per heavy atom. The van der Waals surface area contributed by atoms with Crippen LogP contribution in [-0.2, 0) is 4.79 Å². The summed E-state index contributed by atoms with van der Waals surface area (Å²) in [5, 5.41) is 2.40. The third kappa shape index (κ3) is 3.23. The first kappa shape index (κ1) is 14.8. The van der Waals surface area contributed by atoms with Gasteiger partial charge in [0.1, 0.15) is 6.26 Å². The minimum absolute atomic E-state index is 0.0822. The molecule has 3 rings (SSSR count). The third-order valence-corrected chi connectivity index (χ3v) is 3.44. The minimum atomic E-state index is -0.518. The maximum absolute atomic E-state index is 12.3. The summed E-state index contributed by atoms with van der Waals surface area (Å²) >= 11 is 0. The highest BCUT2D eigenvalue weighted by molar-refractivity contribution is 6.01. The molecule has 120 valence electrons. The van der Waals surface area contributed by atoms with Gasteiger partial charge >= 0.3 is 6.01 Å². The van der Waals surface area contributed by atoms with Crippen molar-refractivity contribution in [3.8, 4) is 0 Å². The Kier molecular flexibility index (Phi) is 4.09. The maximum atomic E-state index is 12.3. The van der Waals surface area contributed by atoms with Crippen molar-refractivity contribution < 1.29 is 23.2 Å². The zero-order valence-corrected chi connectivity index (χ0v) is 12.1. The number of nitrogens with zero attached hydrogens (tertiary/aromatic N) is 3. The second-order valence-corrected chi connectivity index (χ2v) is 4.90. The van der Waals surface area contributed by atoms with Gasteiger partial charge in [0.2, 0.25) is 6.41 Å². The van der Waals surface area contributed by atoms with Crippen LogP contribution in [0, 0.1) is 0 Å². The average Bonchev–Trinajstić information content (AvgIpc) is 3.26. The molecule has 2 aromatic rings. The second kappa shape index (κ2) is 6.34. The number of hydrogen-bond acceptors (Lipinski definition) is 6. The molecule has 3 amide bonds. The SMILES string of the molecule is O=CN1CCN(C(=O)c2coc(NC(=O)c3ccco3)n2)CC1. The number of nitrogens with one attached hydrogen (secondary N) is 1. The van der Waals surface area contributed by atoms with E-state index in [9.17, 15) is 14.4 Å². The fraction of sp³-hybridized carbons (Fsp3) is 0.286. The van der Waals surface area contributed by atoms with E-state index in [0.717, 1.165) is 6.41 Å². The van der Waals surface area contributed by atoms with Gasteiger partial charge in [-0.15, -0.1) is 0 Å². The van der Waals surface area contributed by atoms with Crippen LogP contribution in [0.3, 0.4) is 0 Å². The van der Waals surface area contributed by atoms with Crippen molar-refractivity contribution >= 4 is 24.2 Å². The highest BCUT2D eigenvalue weighted by Crippen LogP contribution is 2.13. The molecule has 1 aliphatic rings. The van der Waals surface area contributed by atoms with Gasteiger partial charge in [-0.1, -0.05) is 0 Å². The first-order valence-corrected chi connectivity index (χ1v) is 6.96. The number of rotatable bonds is 4. The van der Waals surface area contributed by atoms with Crippen LogP contribution in [0.15, 0.2) is 33.5 Å². The van der Waals surface area contributed by atoms with Gasteiger partial charge in [0.15, 0.2) is 11.5 Å². The van der Waals surface area contributed by atoms with E-state index in [0.29, 0.717) is 26.2 Å². The molecule has 0 spiro atoms. The molecule has 0 radical (unpaired) electrons. The number of oxazole rings is 1. The van der Waals surface area contributed by atoms with E-state index in [1.807, 2.05) is 0 Å². The molecular formula is C14H14N4O5. The molecule has 0 aromatic carbocycles. The van der Waals surface area contributed by atoms with Crippen molar-refractivity contribution in [3.63, 3.8) is 0 Å². The summed E-state index contributed by atoms with van der Waals surface area (Å²) in [5.41, 5.74) is 0.0966. The Morgan fingerprint density at radius 3 is 2.65 bits per heavy atom. The molecule has 3 heterocycles. The summed E-state index contributed by atoms with van der Waals surface area (Å²) in [5.74, 6) is -0.714. The van der Waals surface area contributed by atoms with Gasteiger partial charge in [-0.2, -0.15) is 4.98 Å². The number of anilines is 1. The number of carbonyl (C=O) groups excluding carboxylic acids is 3. The highest BCUT2D eigenvalue weighted by Gasteiger charge is 2.24. The predicted octanol–water partition coefficient (Wildman–Crippen LogP) is 0.434. The van der Waals surface area contributed by atoms with Crippen LogP contribution in [0.4, 0.5) is 6.01 Å². The van der Waals surface area contributed by atoms with Crippen molar-refractivity contribution in [2.24, 2.45) is 0 Å². The van der Waals surface area contributed by atoms with Gasteiger partial charge in [-0.3, -0.25) is 19.7 Å². The lowest BCUT2D eigenvalue weighted by Gasteiger charge is -2.31. The first-order chi connectivity index (χ1) is 11.2. The van der Waals surface area contributed by atoms with E-state index in [4.69, 9.17) is 8.83 Å². The van der Waals surface area contributed by atoms with E-state index in [1.165, 1.54) is 18.6 Å². The number of aromatic nitrogens is 1. The van der Waals surface area contributed by atoms with Gasteiger partial charge < -0.3 is 18.6 Å². The Balaban J connectivity index is 1.61. The Bertz CT molecular complexity index is 701. The molecule has 23 heavy (non-hydrogen) atoms. The summed E-state index contributed by atoms with van der Waals surface area (Å²) in [6, 6.07) is 3.00. The molecule has 9 nitrogen and oxygen atoms in total. The molecule has 0 unspecified atom stereocenters. The zero-order chi connectivity index (χ0) is 16.2. The van der Waals surface area contributed by atoms with Crippen LogP contribution in [0.5, 0.6) is 0 Å². The van der Waals surface area contributed by atoms with Crippen LogP contribution < -0.4 is 5.32 Å². The fourth-order valence-electron chi connectivity index (χ4n) is 2.19. The lowest BCUT2D eigenvalue weighted by atomic mass is 10.3. The predicted molar refractivity (Wildman–Crippen MR) is 76.7 cm³/mol. The van der Waals surface area contributed by atoms with Crippen LogP contribution in [-0.4, -0.2) is 59.2 Å². The van der Waals surface area contributed by atoms with Crippen LogP contribution in [0.1, 0.15) is 21.0 Å². The Labute approximate surface area is 130 Å². The van der Waals surface area contributed by atoms with Crippen molar-refractivity contribution in [3.05, 3.63) is 36.1 Å². The van der Waals surface area contributed by atoms with Crippen molar-refractivity contribution in [1.29, 1.82) is 0 Å². The molecule has 0 bridgehead atoms. The fourth-order valence-corrected chi connectivity index (χ4v) is 2.19. The standard InChI is InChI=1S/C14H14N4O5/c19-9-17-3-5-18(6-4-17)13(21)10-8-23-14(15-10)16-12(20)11-2-1-7-22-11/h1-2,7-9H,3-6H2,(H,15,16,20). The highest BCUT2D eigenvalue weighted by atomic mass is 16.4. The second-order valence-electron chi connectivity index (χ2n) is 4.90. The van der Waals surface area contributed by atoms with E-state index >= 15 is 0 Å². The molecule has 2 aromatic heterocycles. The third-order valence-electron chi connectivity index (χ3n) is 3.44. The number of hydrogen-bond donors (Lipinski definition) is 1. The monoisotopic (exact) mass is 318 g/mol. The van der Waals surface area contributed by atoms with E-state index in [-0.39, 0.29) is 23.4 Å². The van der Waals surface area contributed by atoms with Crippen LogP contribution in [0.25, 0.3) is 0 Å². The number of furan rings is 1. The lowest BCUT2D eigenvalue weighted by Crippen LogP contribution is -2.48. The summed E-state index contributed by atoms with van der Waals surface area (Å²) in [6.45, 7) is 1.82. The average molecular weight is 318 g/mol. The summed E-state index contributed by atoms with van der Waals surface area (Å²) in [7, 11) is 0. The summed E-state index contributed by atoms with van der Waals surface area (Å²) in [4.78, 5) is 41.9. The van der Waals surface area contributed by atoms with Gasteiger partial charge in [0.05, 0.1) is 6.26 Å². The normalized spacial score (nSPS) is 14.6. The van der Waals surface area contributed by atoms with E-state index < -0.39 is 5.91 Å². The van der Waals surface area contributed by atoms with Gasteiger partial charge in [-0.25, -0.2) is 0 Å². The molecule has 0 aliphatic carbocycles. The minimum Gasteiger partial charge on any atom is -0.459 e. The molecule has 9 heteroatoms. The van der Waals surface area contributed by atoms with Crippen molar-refractivity contribution in [2.45, 2.75) is 0 Å². The summed E-state index contributed by atoms with van der Waals surface area (Å²) in [6.07, 6.45) is 3.32. The van der Waals surface area contributed by atoms with E-state index in [2.05, 4.69) is 10.3 Å². The first-order valence-electron chi connectivity index (χ1n) is 6.96.